The number of hydrogen-bond acceptors (Lipinski definition) is 5. The Hall–Kier alpha value is -2.18. The van der Waals surface area contributed by atoms with Crippen LogP contribution in [0.25, 0.3) is 5.57 Å². The summed E-state index contributed by atoms with van der Waals surface area (Å²) >= 11 is 0. The lowest BCUT2D eigenvalue weighted by Crippen LogP contribution is -2.43. The van der Waals surface area contributed by atoms with Crippen LogP contribution in [0.3, 0.4) is 0 Å². The zero-order chi connectivity index (χ0) is 22.7. The average molecular weight is 428 g/mol. The molecule has 1 aromatic carbocycles. The van der Waals surface area contributed by atoms with Crippen molar-refractivity contribution in [1.29, 1.82) is 0 Å². The van der Waals surface area contributed by atoms with Crippen LogP contribution < -0.4 is 0 Å². The van der Waals surface area contributed by atoms with Gasteiger partial charge in [-0.25, -0.2) is 0 Å². The fraction of sp³-hybridized carbons (Fsp3) is 0.600. The van der Waals surface area contributed by atoms with E-state index in [9.17, 15) is 9.59 Å². The maximum absolute atomic E-state index is 13.5. The fourth-order valence-electron chi connectivity index (χ4n) is 4.36. The Morgan fingerprint density at radius 3 is 2.39 bits per heavy atom. The first kappa shape index (κ1) is 23.5. The second kappa shape index (κ2) is 9.96. The molecular formula is C25H37N3O3. The van der Waals surface area contributed by atoms with Crippen LogP contribution in [0.2, 0.25) is 0 Å². The highest BCUT2D eigenvalue weighted by atomic mass is 16.5. The molecule has 3 rings (SSSR count). The second-order valence-corrected chi connectivity index (χ2v) is 9.20. The molecule has 2 amide bonds. The monoisotopic (exact) mass is 427 g/mol. The minimum atomic E-state index is -0.187. The summed E-state index contributed by atoms with van der Waals surface area (Å²) in [4.78, 5) is 32.7. The highest BCUT2D eigenvalue weighted by molar-refractivity contribution is 6.35. The smallest absolute Gasteiger partial charge is 0.277 e. The summed E-state index contributed by atoms with van der Waals surface area (Å²) in [7, 11) is 4.10. The van der Waals surface area contributed by atoms with Crippen molar-refractivity contribution in [2.45, 2.75) is 59.1 Å². The molecule has 2 aliphatic heterocycles. The molecule has 170 valence electrons. The number of likely N-dealkylation sites (tertiary alicyclic amines) is 1. The van der Waals surface area contributed by atoms with Crippen LogP contribution in [0.1, 0.15) is 49.8 Å². The van der Waals surface area contributed by atoms with Crippen molar-refractivity contribution in [2.75, 3.05) is 40.3 Å². The van der Waals surface area contributed by atoms with E-state index in [0.29, 0.717) is 30.8 Å². The van der Waals surface area contributed by atoms with Crippen molar-refractivity contribution in [2.24, 2.45) is 0 Å². The number of benzene rings is 1. The molecule has 1 aromatic rings. The van der Waals surface area contributed by atoms with Gasteiger partial charge in [0.05, 0.1) is 11.7 Å². The van der Waals surface area contributed by atoms with E-state index in [4.69, 9.17) is 4.74 Å². The third-order valence-electron chi connectivity index (χ3n) is 6.50. The molecule has 6 nitrogen and oxygen atoms in total. The molecular weight excluding hydrogens is 390 g/mol. The highest BCUT2D eigenvalue weighted by Crippen LogP contribution is 2.34. The number of carbonyl (C=O) groups is 2. The Bertz CT molecular complexity index is 854. The largest absolute Gasteiger partial charge is 0.379 e. The quantitative estimate of drug-likeness (QED) is 0.471. The normalized spacial score (nSPS) is 18.6. The zero-order valence-corrected chi connectivity index (χ0v) is 19.9. The van der Waals surface area contributed by atoms with E-state index in [1.807, 2.05) is 46.0 Å². The van der Waals surface area contributed by atoms with Crippen LogP contribution >= 0.6 is 0 Å². The highest BCUT2D eigenvalue weighted by Gasteiger charge is 2.42. The molecule has 0 aliphatic carbocycles. The summed E-state index contributed by atoms with van der Waals surface area (Å²) in [6, 6.07) is 6.29. The van der Waals surface area contributed by atoms with Gasteiger partial charge in [-0.05, 0) is 83.8 Å². The molecule has 0 radical (unpaired) electrons. The maximum Gasteiger partial charge on any atom is 0.277 e. The van der Waals surface area contributed by atoms with Crippen LogP contribution in [0.4, 0.5) is 0 Å². The molecule has 0 N–H and O–H groups in total. The summed E-state index contributed by atoms with van der Waals surface area (Å²) in [5.41, 5.74) is 4.22. The van der Waals surface area contributed by atoms with Crippen molar-refractivity contribution >= 4 is 17.4 Å². The van der Waals surface area contributed by atoms with Gasteiger partial charge in [0.15, 0.2) is 0 Å². The number of rotatable bonds is 8. The van der Waals surface area contributed by atoms with Gasteiger partial charge in [-0.15, -0.1) is 0 Å². The number of aryl methyl sites for hydroxylation is 2. The first-order valence-corrected chi connectivity index (χ1v) is 11.4. The first-order valence-electron chi connectivity index (χ1n) is 11.4. The molecule has 0 saturated carbocycles. The Kier molecular flexibility index (Phi) is 7.55. The van der Waals surface area contributed by atoms with Crippen molar-refractivity contribution in [3.63, 3.8) is 0 Å². The van der Waals surface area contributed by atoms with Gasteiger partial charge in [0.2, 0.25) is 0 Å². The fourth-order valence-corrected chi connectivity index (χ4v) is 4.36. The minimum Gasteiger partial charge on any atom is -0.379 e. The lowest BCUT2D eigenvalue weighted by Gasteiger charge is -2.36. The number of imide groups is 1. The Labute approximate surface area is 186 Å². The van der Waals surface area contributed by atoms with Gasteiger partial charge in [-0.3, -0.25) is 14.5 Å². The van der Waals surface area contributed by atoms with Crippen LogP contribution in [0, 0.1) is 13.8 Å². The van der Waals surface area contributed by atoms with Crippen LogP contribution in [-0.4, -0.2) is 79.0 Å². The van der Waals surface area contributed by atoms with E-state index in [1.54, 1.807) is 0 Å². The summed E-state index contributed by atoms with van der Waals surface area (Å²) in [6.45, 7) is 11.0. The van der Waals surface area contributed by atoms with Crippen LogP contribution in [0.5, 0.6) is 0 Å². The number of carbonyl (C=O) groups excluding carboxylic acids is 2. The van der Waals surface area contributed by atoms with E-state index in [-0.39, 0.29) is 24.0 Å². The molecule has 0 atom stereocenters. The second-order valence-electron chi connectivity index (χ2n) is 9.20. The summed E-state index contributed by atoms with van der Waals surface area (Å²) in [6.07, 6.45) is 2.75. The van der Waals surface area contributed by atoms with E-state index in [0.717, 1.165) is 37.1 Å². The van der Waals surface area contributed by atoms with Gasteiger partial charge in [0, 0.05) is 26.2 Å². The van der Waals surface area contributed by atoms with Gasteiger partial charge in [-0.2, -0.15) is 0 Å². The number of hydrogen-bond donors (Lipinski definition) is 0. The SMILES string of the molecule is Cc1ccc(C2=C(N(C)C3CCN(C)CC3)C(=O)N(CCCOC(C)C)C2=O)cc1C. The molecule has 0 aromatic heterocycles. The number of ether oxygens (including phenoxy) is 1. The lowest BCUT2D eigenvalue weighted by molar-refractivity contribution is -0.137. The predicted molar refractivity (Wildman–Crippen MR) is 124 cm³/mol. The van der Waals surface area contributed by atoms with E-state index in [2.05, 4.69) is 23.8 Å². The van der Waals surface area contributed by atoms with Gasteiger partial charge in [0.1, 0.15) is 5.70 Å². The molecule has 31 heavy (non-hydrogen) atoms. The summed E-state index contributed by atoms with van der Waals surface area (Å²) < 4.78 is 5.61. The number of nitrogens with zero attached hydrogens (tertiary/aromatic N) is 3. The third-order valence-corrected chi connectivity index (χ3v) is 6.50. The summed E-state index contributed by atoms with van der Waals surface area (Å²) in [5.74, 6) is -0.364. The molecule has 2 aliphatic rings. The van der Waals surface area contributed by atoms with Gasteiger partial charge < -0.3 is 14.5 Å². The number of piperidine rings is 1. The van der Waals surface area contributed by atoms with Crippen LogP contribution in [-0.2, 0) is 14.3 Å². The molecule has 0 unspecified atom stereocenters. The van der Waals surface area contributed by atoms with Gasteiger partial charge in [-0.1, -0.05) is 18.2 Å². The average Bonchev–Trinajstić information content (AvgIpc) is 2.97. The summed E-state index contributed by atoms with van der Waals surface area (Å²) in [5, 5.41) is 0. The maximum atomic E-state index is 13.5. The van der Waals surface area contributed by atoms with Crippen molar-refractivity contribution in [1.82, 2.24) is 14.7 Å². The standard InChI is InChI=1S/C25H37N3O3/c1-17(2)31-15-7-12-28-24(29)22(20-9-8-18(3)19(4)16-20)23(25(28)30)27(6)21-10-13-26(5)14-11-21/h8-9,16-17,21H,7,10-15H2,1-6H3. The Morgan fingerprint density at radius 2 is 1.77 bits per heavy atom. The van der Waals surface area contributed by atoms with Gasteiger partial charge >= 0.3 is 0 Å². The van der Waals surface area contributed by atoms with Crippen molar-refractivity contribution in [3.05, 3.63) is 40.6 Å². The molecule has 1 fully saturated rings. The topological polar surface area (TPSA) is 53.1 Å². The minimum absolute atomic E-state index is 0.139. The molecule has 6 heteroatoms. The van der Waals surface area contributed by atoms with E-state index < -0.39 is 0 Å². The molecule has 2 heterocycles. The Balaban J connectivity index is 1.91. The number of amides is 2. The van der Waals surface area contributed by atoms with Crippen molar-refractivity contribution in [3.8, 4) is 0 Å². The third kappa shape index (κ3) is 5.18. The number of likely N-dealkylation sites (N-methyl/N-ethyl adjacent to an activating group) is 1. The molecule has 0 bridgehead atoms. The van der Waals surface area contributed by atoms with Gasteiger partial charge in [0.25, 0.3) is 11.8 Å². The predicted octanol–water partition coefficient (Wildman–Crippen LogP) is 3.22. The van der Waals surface area contributed by atoms with Crippen molar-refractivity contribution < 1.29 is 14.3 Å². The zero-order valence-electron chi connectivity index (χ0n) is 19.9. The lowest BCUT2D eigenvalue weighted by atomic mass is 9.97. The first-order chi connectivity index (χ1) is 14.7. The van der Waals surface area contributed by atoms with Crippen LogP contribution in [0.15, 0.2) is 23.9 Å². The molecule has 0 spiro atoms. The Morgan fingerprint density at radius 1 is 1.10 bits per heavy atom. The van der Waals surface area contributed by atoms with E-state index >= 15 is 0 Å². The molecule has 1 saturated heterocycles. The van der Waals surface area contributed by atoms with E-state index in [1.165, 1.54) is 10.5 Å².